The minimum absolute atomic E-state index is 0.198. The lowest BCUT2D eigenvalue weighted by molar-refractivity contribution is -0.387. The monoisotopic (exact) mass is 254 g/mol. The third-order valence-corrected chi connectivity index (χ3v) is 3.31. The summed E-state index contributed by atoms with van der Waals surface area (Å²) < 4.78 is 13.2. The van der Waals surface area contributed by atoms with Crippen molar-refractivity contribution in [3.05, 3.63) is 33.6 Å². The van der Waals surface area contributed by atoms with Crippen LogP contribution >= 0.6 is 0 Å². The maximum absolute atomic E-state index is 13.2. The summed E-state index contributed by atoms with van der Waals surface area (Å²) in [6, 6.07) is 1.97. The third-order valence-electron chi connectivity index (χ3n) is 3.31. The smallest absolute Gasteiger partial charge is 0.305 e. The summed E-state index contributed by atoms with van der Waals surface area (Å²) in [5.41, 5.74) is -0.119. The fourth-order valence-corrected chi connectivity index (χ4v) is 2.29. The van der Waals surface area contributed by atoms with Crippen molar-refractivity contribution in [2.75, 3.05) is 13.1 Å². The van der Waals surface area contributed by atoms with Crippen LogP contribution in [0.3, 0.4) is 0 Å². The van der Waals surface area contributed by atoms with Crippen molar-refractivity contribution in [3.8, 4) is 5.75 Å². The van der Waals surface area contributed by atoms with Gasteiger partial charge in [-0.1, -0.05) is 0 Å². The van der Waals surface area contributed by atoms with Crippen LogP contribution in [0, 0.1) is 21.8 Å². The number of halogens is 1. The normalized spacial score (nSPS) is 16.7. The second-order valence-electron chi connectivity index (χ2n) is 4.59. The molecular weight excluding hydrogens is 239 g/mol. The van der Waals surface area contributed by atoms with Crippen LogP contribution in [-0.2, 0) is 6.42 Å². The maximum atomic E-state index is 13.2. The van der Waals surface area contributed by atoms with Crippen molar-refractivity contribution in [3.63, 3.8) is 0 Å². The zero-order chi connectivity index (χ0) is 13.1. The van der Waals surface area contributed by atoms with E-state index in [2.05, 4.69) is 5.32 Å². The van der Waals surface area contributed by atoms with E-state index in [-0.39, 0.29) is 5.75 Å². The minimum Gasteiger partial charge on any atom is -0.508 e. The molecule has 2 N–H and O–H groups in total. The zero-order valence-electron chi connectivity index (χ0n) is 9.86. The lowest BCUT2D eigenvalue weighted by atomic mass is 9.90. The molecule has 1 aliphatic rings. The Morgan fingerprint density at radius 1 is 1.44 bits per heavy atom. The molecule has 98 valence electrons. The van der Waals surface area contributed by atoms with Crippen molar-refractivity contribution in [2.45, 2.75) is 19.3 Å². The number of benzene rings is 1. The Labute approximate surface area is 104 Å². The predicted octanol–water partition coefficient (Wildman–Crippen LogP) is 1.98. The highest BCUT2D eigenvalue weighted by Gasteiger charge is 2.21. The fraction of sp³-hybridized carbons (Fsp3) is 0.500. The summed E-state index contributed by atoms with van der Waals surface area (Å²) in [7, 11) is 0. The number of phenols is 1. The molecule has 5 nitrogen and oxygen atoms in total. The second kappa shape index (κ2) is 5.30. The summed E-state index contributed by atoms with van der Waals surface area (Å²) in [6.45, 7) is 1.82. The number of hydrogen-bond acceptors (Lipinski definition) is 4. The van der Waals surface area contributed by atoms with E-state index in [9.17, 15) is 19.6 Å². The summed E-state index contributed by atoms with van der Waals surface area (Å²) in [5, 5.41) is 23.5. The van der Waals surface area contributed by atoms with E-state index >= 15 is 0 Å². The first-order valence-corrected chi connectivity index (χ1v) is 5.94. The van der Waals surface area contributed by atoms with Gasteiger partial charge in [-0.3, -0.25) is 10.1 Å². The van der Waals surface area contributed by atoms with Gasteiger partial charge in [0.1, 0.15) is 5.75 Å². The highest BCUT2D eigenvalue weighted by Crippen LogP contribution is 2.30. The number of nitrogens with one attached hydrogen (secondary N) is 1. The molecule has 6 heteroatoms. The number of nitro groups is 1. The SMILES string of the molecule is O=[N+]([O-])c1cc(CC2CCNCC2)c(O)cc1F. The Bertz CT molecular complexity index is 459. The summed E-state index contributed by atoms with van der Waals surface area (Å²) in [5.74, 6) is -0.814. The molecule has 0 radical (unpaired) electrons. The number of hydrogen-bond donors (Lipinski definition) is 2. The third kappa shape index (κ3) is 2.76. The summed E-state index contributed by atoms with van der Waals surface area (Å²) in [4.78, 5) is 9.89. The van der Waals surface area contributed by atoms with Crippen LogP contribution < -0.4 is 5.32 Å². The second-order valence-corrected chi connectivity index (χ2v) is 4.59. The van der Waals surface area contributed by atoms with E-state index in [1.165, 1.54) is 0 Å². The quantitative estimate of drug-likeness (QED) is 0.639. The molecule has 0 spiro atoms. The van der Waals surface area contributed by atoms with Crippen LogP contribution in [0.15, 0.2) is 12.1 Å². The van der Waals surface area contributed by atoms with E-state index in [1.807, 2.05) is 0 Å². The van der Waals surface area contributed by atoms with Gasteiger partial charge < -0.3 is 10.4 Å². The van der Waals surface area contributed by atoms with Gasteiger partial charge in [-0.05, 0) is 38.3 Å². The Balaban J connectivity index is 2.21. The first-order valence-electron chi connectivity index (χ1n) is 5.94. The Hall–Kier alpha value is -1.69. The molecule has 1 aromatic rings. The number of aromatic hydroxyl groups is 1. The first-order chi connectivity index (χ1) is 8.58. The molecule has 0 saturated carbocycles. The summed E-state index contributed by atoms with van der Waals surface area (Å²) in [6.07, 6.45) is 2.48. The Morgan fingerprint density at radius 3 is 2.72 bits per heavy atom. The molecule has 1 aromatic carbocycles. The summed E-state index contributed by atoms with van der Waals surface area (Å²) >= 11 is 0. The van der Waals surface area contributed by atoms with Gasteiger partial charge in [0.15, 0.2) is 0 Å². The van der Waals surface area contributed by atoms with Gasteiger partial charge in [0, 0.05) is 17.7 Å². The van der Waals surface area contributed by atoms with Crippen LogP contribution in [0.2, 0.25) is 0 Å². The van der Waals surface area contributed by atoms with Crippen molar-refractivity contribution in [1.82, 2.24) is 5.32 Å². The molecule has 1 fully saturated rings. The zero-order valence-corrected chi connectivity index (χ0v) is 9.86. The van der Waals surface area contributed by atoms with Crippen molar-refractivity contribution in [2.24, 2.45) is 5.92 Å². The van der Waals surface area contributed by atoms with Crippen molar-refractivity contribution < 1.29 is 14.4 Å². The van der Waals surface area contributed by atoms with Crippen LogP contribution in [0.5, 0.6) is 5.75 Å². The van der Waals surface area contributed by atoms with Gasteiger partial charge in [-0.2, -0.15) is 4.39 Å². The molecule has 18 heavy (non-hydrogen) atoms. The number of piperidine rings is 1. The number of phenolic OH excluding ortho intramolecular Hbond substituents is 1. The van der Waals surface area contributed by atoms with Gasteiger partial charge in [0.2, 0.25) is 5.82 Å². The fourth-order valence-electron chi connectivity index (χ4n) is 2.29. The molecule has 0 atom stereocenters. The van der Waals surface area contributed by atoms with Crippen LogP contribution in [-0.4, -0.2) is 23.1 Å². The molecule has 1 saturated heterocycles. The molecule has 2 rings (SSSR count). The lowest BCUT2D eigenvalue weighted by Gasteiger charge is -2.22. The highest BCUT2D eigenvalue weighted by atomic mass is 19.1. The van der Waals surface area contributed by atoms with Gasteiger partial charge in [-0.15, -0.1) is 0 Å². The van der Waals surface area contributed by atoms with Crippen LogP contribution in [0.1, 0.15) is 18.4 Å². The van der Waals surface area contributed by atoms with Gasteiger partial charge in [0.05, 0.1) is 4.92 Å². The maximum Gasteiger partial charge on any atom is 0.305 e. The molecule has 1 heterocycles. The predicted molar refractivity (Wildman–Crippen MR) is 64.0 cm³/mol. The molecule has 0 amide bonds. The Morgan fingerprint density at radius 2 is 2.11 bits per heavy atom. The van der Waals surface area contributed by atoms with Gasteiger partial charge >= 0.3 is 5.69 Å². The molecule has 0 aliphatic carbocycles. The van der Waals surface area contributed by atoms with E-state index in [0.717, 1.165) is 38.1 Å². The molecule has 0 aromatic heterocycles. The lowest BCUT2D eigenvalue weighted by Crippen LogP contribution is -2.28. The molecule has 1 aliphatic heterocycles. The average molecular weight is 254 g/mol. The van der Waals surface area contributed by atoms with Crippen molar-refractivity contribution in [1.29, 1.82) is 0 Å². The van der Waals surface area contributed by atoms with E-state index in [1.54, 1.807) is 0 Å². The minimum atomic E-state index is -0.994. The molecular formula is C12H15FN2O3. The first kappa shape index (κ1) is 12.8. The molecule has 0 bridgehead atoms. The van der Waals surface area contributed by atoms with Gasteiger partial charge in [0.25, 0.3) is 0 Å². The van der Waals surface area contributed by atoms with Crippen molar-refractivity contribution >= 4 is 5.69 Å². The largest absolute Gasteiger partial charge is 0.508 e. The van der Waals surface area contributed by atoms with E-state index in [0.29, 0.717) is 17.9 Å². The standard InChI is InChI=1S/C12H15FN2O3/c13-10-7-12(16)9(6-11(10)15(17)18)5-8-1-3-14-4-2-8/h6-8,14,16H,1-5H2. The molecule has 0 unspecified atom stereocenters. The Kier molecular flexibility index (Phi) is 3.76. The van der Waals surface area contributed by atoms with Crippen LogP contribution in [0.25, 0.3) is 0 Å². The number of nitro benzene ring substituents is 1. The van der Waals surface area contributed by atoms with E-state index < -0.39 is 16.4 Å². The average Bonchev–Trinajstić information content (AvgIpc) is 2.33. The van der Waals surface area contributed by atoms with Gasteiger partial charge in [-0.25, -0.2) is 0 Å². The number of rotatable bonds is 3. The topological polar surface area (TPSA) is 75.4 Å². The number of nitrogens with zero attached hydrogens (tertiary/aromatic N) is 1. The van der Waals surface area contributed by atoms with Crippen LogP contribution in [0.4, 0.5) is 10.1 Å². The van der Waals surface area contributed by atoms with E-state index in [4.69, 9.17) is 0 Å². The highest BCUT2D eigenvalue weighted by molar-refractivity contribution is 5.44.